The summed E-state index contributed by atoms with van der Waals surface area (Å²) in [6, 6.07) is 2.24. The van der Waals surface area contributed by atoms with Gasteiger partial charge in [0.15, 0.2) is 0 Å². The zero-order chi connectivity index (χ0) is 10.4. The van der Waals surface area contributed by atoms with Crippen molar-refractivity contribution in [3.8, 4) is 6.07 Å². The summed E-state index contributed by atoms with van der Waals surface area (Å²) in [5, 5.41) is 11.5. The SMILES string of the molecule is CC(C#N)C(=O)NC1CCCSCC1. The predicted octanol–water partition coefficient (Wildman–Crippen LogP) is 1.55. The fourth-order valence-electron chi connectivity index (χ4n) is 1.43. The van der Waals surface area contributed by atoms with E-state index in [0.717, 1.165) is 25.0 Å². The molecule has 4 heteroatoms. The number of nitrogens with zero attached hydrogens (tertiary/aromatic N) is 1. The molecule has 1 fully saturated rings. The molecule has 1 N–H and O–H groups in total. The molecule has 1 amide bonds. The molecule has 3 nitrogen and oxygen atoms in total. The Hall–Kier alpha value is -0.690. The first-order valence-corrected chi connectivity index (χ1v) is 6.17. The molecule has 1 aliphatic heterocycles. The van der Waals surface area contributed by atoms with Crippen molar-refractivity contribution in [2.24, 2.45) is 5.92 Å². The summed E-state index contributed by atoms with van der Waals surface area (Å²) in [7, 11) is 0. The maximum absolute atomic E-state index is 11.4. The van der Waals surface area contributed by atoms with Crippen molar-refractivity contribution in [2.45, 2.75) is 32.2 Å². The van der Waals surface area contributed by atoms with Crippen LogP contribution in [0.2, 0.25) is 0 Å². The van der Waals surface area contributed by atoms with E-state index in [1.165, 1.54) is 5.75 Å². The molecule has 0 spiro atoms. The van der Waals surface area contributed by atoms with Crippen LogP contribution in [0.3, 0.4) is 0 Å². The van der Waals surface area contributed by atoms with Crippen LogP contribution in [-0.4, -0.2) is 23.5 Å². The van der Waals surface area contributed by atoms with E-state index in [9.17, 15) is 4.79 Å². The Morgan fingerprint density at radius 1 is 1.57 bits per heavy atom. The second-order valence-electron chi connectivity index (χ2n) is 3.60. The highest BCUT2D eigenvalue weighted by Crippen LogP contribution is 2.16. The average molecular weight is 212 g/mol. The van der Waals surface area contributed by atoms with Crippen molar-refractivity contribution in [3.63, 3.8) is 0 Å². The molecule has 0 aromatic rings. The molecule has 0 saturated carbocycles. The topological polar surface area (TPSA) is 52.9 Å². The molecular weight excluding hydrogens is 196 g/mol. The van der Waals surface area contributed by atoms with Gasteiger partial charge in [-0.15, -0.1) is 0 Å². The number of nitrogens with one attached hydrogen (secondary N) is 1. The van der Waals surface area contributed by atoms with E-state index in [1.807, 2.05) is 17.8 Å². The fraction of sp³-hybridized carbons (Fsp3) is 0.800. The molecule has 0 aromatic heterocycles. The van der Waals surface area contributed by atoms with Gasteiger partial charge in [0.05, 0.1) is 6.07 Å². The molecule has 0 aromatic carbocycles. The summed E-state index contributed by atoms with van der Waals surface area (Å²) < 4.78 is 0. The van der Waals surface area contributed by atoms with Crippen LogP contribution in [0.25, 0.3) is 0 Å². The molecule has 1 heterocycles. The van der Waals surface area contributed by atoms with Gasteiger partial charge >= 0.3 is 0 Å². The molecule has 0 radical (unpaired) electrons. The lowest BCUT2D eigenvalue weighted by molar-refractivity contribution is -0.123. The summed E-state index contributed by atoms with van der Waals surface area (Å²) >= 11 is 1.94. The highest BCUT2D eigenvalue weighted by Gasteiger charge is 2.18. The number of hydrogen-bond donors (Lipinski definition) is 1. The third-order valence-corrected chi connectivity index (χ3v) is 3.49. The summed E-state index contributed by atoms with van der Waals surface area (Å²) in [5.41, 5.74) is 0. The summed E-state index contributed by atoms with van der Waals surface area (Å²) in [6.07, 6.45) is 3.25. The van der Waals surface area contributed by atoms with Crippen LogP contribution in [0.15, 0.2) is 0 Å². The maximum Gasteiger partial charge on any atom is 0.237 e. The average Bonchev–Trinajstić information content (AvgIpc) is 2.45. The van der Waals surface area contributed by atoms with Gasteiger partial charge in [-0.1, -0.05) is 0 Å². The quantitative estimate of drug-likeness (QED) is 0.755. The van der Waals surface area contributed by atoms with Crippen molar-refractivity contribution < 1.29 is 4.79 Å². The molecule has 1 saturated heterocycles. The monoisotopic (exact) mass is 212 g/mol. The van der Waals surface area contributed by atoms with Crippen LogP contribution in [0, 0.1) is 17.2 Å². The van der Waals surface area contributed by atoms with E-state index in [4.69, 9.17) is 5.26 Å². The molecule has 2 atom stereocenters. The van der Waals surface area contributed by atoms with E-state index >= 15 is 0 Å². The van der Waals surface area contributed by atoms with Crippen molar-refractivity contribution in [1.82, 2.24) is 5.32 Å². The zero-order valence-electron chi connectivity index (χ0n) is 8.45. The highest BCUT2D eigenvalue weighted by atomic mass is 32.2. The number of thioether (sulfide) groups is 1. The molecule has 0 bridgehead atoms. The number of hydrogen-bond acceptors (Lipinski definition) is 3. The number of carbonyl (C=O) groups is 1. The van der Waals surface area contributed by atoms with Gasteiger partial charge in [-0.3, -0.25) is 4.79 Å². The van der Waals surface area contributed by atoms with Crippen LogP contribution in [0.1, 0.15) is 26.2 Å². The van der Waals surface area contributed by atoms with Gasteiger partial charge in [-0.05, 0) is 37.7 Å². The molecule has 78 valence electrons. The zero-order valence-corrected chi connectivity index (χ0v) is 9.27. The summed E-state index contributed by atoms with van der Waals surface area (Å²) in [5.74, 6) is 1.67. The van der Waals surface area contributed by atoms with Gasteiger partial charge < -0.3 is 5.32 Å². The molecule has 2 unspecified atom stereocenters. The lowest BCUT2D eigenvalue weighted by Gasteiger charge is -2.16. The molecule has 1 rings (SSSR count). The van der Waals surface area contributed by atoms with Gasteiger partial charge in [0.25, 0.3) is 0 Å². The lowest BCUT2D eigenvalue weighted by Crippen LogP contribution is -2.37. The molecule has 0 aliphatic carbocycles. The van der Waals surface area contributed by atoms with E-state index in [-0.39, 0.29) is 11.9 Å². The van der Waals surface area contributed by atoms with Crippen LogP contribution in [0.5, 0.6) is 0 Å². The Balaban J connectivity index is 2.35. The Morgan fingerprint density at radius 2 is 2.36 bits per heavy atom. The van der Waals surface area contributed by atoms with Crippen molar-refractivity contribution >= 4 is 17.7 Å². The third kappa shape index (κ3) is 3.59. The van der Waals surface area contributed by atoms with E-state index in [1.54, 1.807) is 6.92 Å². The van der Waals surface area contributed by atoms with Gasteiger partial charge in [-0.2, -0.15) is 17.0 Å². The first-order valence-electron chi connectivity index (χ1n) is 5.01. The largest absolute Gasteiger partial charge is 0.352 e. The Labute approximate surface area is 89.2 Å². The number of rotatable bonds is 2. The Bertz CT molecular complexity index is 229. The minimum atomic E-state index is -0.522. The Morgan fingerprint density at radius 3 is 3.07 bits per heavy atom. The number of nitriles is 1. The molecule has 14 heavy (non-hydrogen) atoms. The minimum absolute atomic E-state index is 0.121. The van der Waals surface area contributed by atoms with E-state index < -0.39 is 5.92 Å². The smallest absolute Gasteiger partial charge is 0.237 e. The van der Waals surface area contributed by atoms with Gasteiger partial charge in [-0.25, -0.2) is 0 Å². The number of amides is 1. The Kier molecular flexibility index (Phi) is 4.81. The van der Waals surface area contributed by atoms with Crippen LogP contribution in [-0.2, 0) is 4.79 Å². The van der Waals surface area contributed by atoms with Crippen molar-refractivity contribution in [2.75, 3.05) is 11.5 Å². The normalized spacial score (nSPS) is 24.4. The van der Waals surface area contributed by atoms with Crippen LogP contribution >= 0.6 is 11.8 Å². The standard InChI is InChI=1S/C10H16N2OS/c1-8(7-11)10(13)12-9-3-2-5-14-6-4-9/h8-9H,2-6H2,1H3,(H,12,13). The van der Waals surface area contributed by atoms with Crippen LogP contribution < -0.4 is 5.32 Å². The first-order chi connectivity index (χ1) is 6.74. The number of carbonyl (C=O) groups excluding carboxylic acids is 1. The van der Waals surface area contributed by atoms with Gasteiger partial charge in [0.1, 0.15) is 5.92 Å². The second-order valence-corrected chi connectivity index (χ2v) is 4.82. The van der Waals surface area contributed by atoms with E-state index in [2.05, 4.69) is 5.32 Å². The van der Waals surface area contributed by atoms with Gasteiger partial charge in [0.2, 0.25) is 5.91 Å². The maximum atomic E-state index is 11.4. The minimum Gasteiger partial charge on any atom is -0.352 e. The van der Waals surface area contributed by atoms with Gasteiger partial charge in [0, 0.05) is 6.04 Å². The van der Waals surface area contributed by atoms with Crippen molar-refractivity contribution in [1.29, 1.82) is 5.26 Å². The van der Waals surface area contributed by atoms with E-state index in [0.29, 0.717) is 0 Å². The third-order valence-electron chi connectivity index (χ3n) is 2.39. The summed E-state index contributed by atoms with van der Waals surface area (Å²) in [6.45, 7) is 1.64. The predicted molar refractivity (Wildman–Crippen MR) is 57.9 cm³/mol. The van der Waals surface area contributed by atoms with Crippen LogP contribution in [0.4, 0.5) is 0 Å². The lowest BCUT2D eigenvalue weighted by atomic mass is 10.1. The first kappa shape index (κ1) is 11.4. The van der Waals surface area contributed by atoms with Crippen molar-refractivity contribution in [3.05, 3.63) is 0 Å². The fourth-order valence-corrected chi connectivity index (χ4v) is 2.46. The second kappa shape index (κ2) is 5.92. The summed E-state index contributed by atoms with van der Waals surface area (Å²) in [4.78, 5) is 11.4. The highest BCUT2D eigenvalue weighted by molar-refractivity contribution is 7.99. The molecule has 1 aliphatic rings. The molecular formula is C10H16N2OS.